The molecule has 2 N–H and O–H groups in total. The minimum absolute atomic E-state index is 0.0185. The number of halogens is 3. The van der Waals surface area contributed by atoms with Crippen molar-refractivity contribution in [2.45, 2.75) is 24.0 Å². The van der Waals surface area contributed by atoms with Gasteiger partial charge in [-0.25, -0.2) is 8.42 Å². The van der Waals surface area contributed by atoms with Gasteiger partial charge in [0.05, 0.1) is 10.5 Å². The van der Waals surface area contributed by atoms with Gasteiger partial charge in [0, 0.05) is 13.1 Å². The smallest absolute Gasteiger partial charge is 0.330 e. The van der Waals surface area contributed by atoms with Crippen molar-refractivity contribution >= 4 is 10.0 Å². The number of rotatable bonds is 7. The lowest BCUT2D eigenvalue weighted by Crippen LogP contribution is -2.33. The van der Waals surface area contributed by atoms with Gasteiger partial charge in [-0.05, 0) is 30.7 Å². The molecule has 0 aliphatic carbocycles. The summed E-state index contributed by atoms with van der Waals surface area (Å²) in [7, 11) is -4.33. The molecular formula is C17H19F3N2O2S. The van der Waals surface area contributed by atoms with E-state index in [-0.39, 0.29) is 19.6 Å². The van der Waals surface area contributed by atoms with Crippen LogP contribution in [0.5, 0.6) is 0 Å². The van der Waals surface area contributed by atoms with Crippen LogP contribution in [0, 0.1) is 0 Å². The van der Waals surface area contributed by atoms with Crippen molar-refractivity contribution in [2.24, 2.45) is 5.73 Å². The first-order valence-corrected chi connectivity index (χ1v) is 9.11. The van der Waals surface area contributed by atoms with E-state index in [0.717, 1.165) is 16.4 Å². The van der Waals surface area contributed by atoms with Gasteiger partial charge < -0.3 is 5.73 Å². The normalized spacial score (nSPS) is 12.5. The Labute approximate surface area is 145 Å². The lowest BCUT2D eigenvalue weighted by molar-refractivity contribution is -0.139. The van der Waals surface area contributed by atoms with Gasteiger partial charge in [-0.1, -0.05) is 42.5 Å². The molecule has 0 unspecified atom stereocenters. The molecule has 2 aromatic rings. The van der Waals surface area contributed by atoms with E-state index in [9.17, 15) is 21.6 Å². The number of benzene rings is 2. The van der Waals surface area contributed by atoms with Crippen LogP contribution < -0.4 is 5.73 Å². The van der Waals surface area contributed by atoms with E-state index in [1.807, 2.05) is 0 Å². The third kappa shape index (κ3) is 4.81. The maximum absolute atomic E-state index is 13.2. The van der Waals surface area contributed by atoms with Gasteiger partial charge in [-0.15, -0.1) is 0 Å². The zero-order chi connectivity index (χ0) is 18.5. The second-order valence-electron chi connectivity index (χ2n) is 5.46. The molecule has 0 bridgehead atoms. The van der Waals surface area contributed by atoms with Gasteiger partial charge in [-0.2, -0.15) is 17.5 Å². The fourth-order valence-electron chi connectivity index (χ4n) is 2.40. The Morgan fingerprint density at radius 1 is 0.960 bits per heavy atom. The molecule has 136 valence electrons. The summed E-state index contributed by atoms with van der Waals surface area (Å²) in [5, 5.41) is 0. The van der Waals surface area contributed by atoms with E-state index < -0.39 is 26.7 Å². The molecule has 0 aliphatic rings. The molecule has 0 saturated carbocycles. The first-order chi connectivity index (χ1) is 11.8. The summed E-state index contributed by atoms with van der Waals surface area (Å²) in [4.78, 5) is -0.740. The Hall–Kier alpha value is -1.90. The predicted molar refractivity (Wildman–Crippen MR) is 89.2 cm³/mol. The van der Waals surface area contributed by atoms with Crippen LogP contribution >= 0.6 is 0 Å². The van der Waals surface area contributed by atoms with E-state index >= 15 is 0 Å². The summed E-state index contributed by atoms with van der Waals surface area (Å²) in [6.07, 6.45) is -4.41. The Kier molecular flexibility index (Phi) is 6.21. The minimum Gasteiger partial charge on any atom is -0.330 e. The Morgan fingerprint density at radius 3 is 2.16 bits per heavy atom. The molecule has 0 heterocycles. The van der Waals surface area contributed by atoms with Crippen molar-refractivity contribution in [1.29, 1.82) is 0 Å². The topological polar surface area (TPSA) is 63.4 Å². The number of sulfonamides is 1. The van der Waals surface area contributed by atoms with Crippen LogP contribution in [0.4, 0.5) is 13.2 Å². The monoisotopic (exact) mass is 372 g/mol. The molecule has 8 heteroatoms. The highest BCUT2D eigenvalue weighted by Crippen LogP contribution is 2.35. The van der Waals surface area contributed by atoms with Crippen LogP contribution in [0.3, 0.4) is 0 Å². The van der Waals surface area contributed by atoms with Crippen molar-refractivity contribution in [3.05, 3.63) is 65.7 Å². The van der Waals surface area contributed by atoms with E-state index in [1.54, 1.807) is 30.3 Å². The van der Waals surface area contributed by atoms with Crippen molar-refractivity contribution in [3.63, 3.8) is 0 Å². The molecule has 0 aliphatic heterocycles. The number of nitrogens with two attached hydrogens (primary N) is 1. The SMILES string of the molecule is NCCCN(Cc1ccccc1)S(=O)(=O)c1ccccc1C(F)(F)F. The van der Waals surface area contributed by atoms with E-state index in [2.05, 4.69) is 0 Å². The van der Waals surface area contributed by atoms with Gasteiger partial charge in [0.1, 0.15) is 0 Å². The zero-order valence-electron chi connectivity index (χ0n) is 13.4. The van der Waals surface area contributed by atoms with Crippen molar-refractivity contribution in [3.8, 4) is 0 Å². The summed E-state index contributed by atoms with van der Waals surface area (Å²) in [5.41, 5.74) is 4.97. The van der Waals surface area contributed by atoms with Gasteiger partial charge in [0.25, 0.3) is 0 Å². The Bertz CT molecular complexity index is 793. The molecule has 0 radical (unpaired) electrons. The predicted octanol–water partition coefficient (Wildman–Crippen LogP) is 3.25. The van der Waals surface area contributed by atoms with Gasteiger partial charge in [0.15, 0.2) is 0 Å². The molecule has 4 nitrogen and oxygen atoms in total. The number of hydrogen-bond donors (Lipinski definition) is 1. The second-order valence-corrected chi connectivity index (χ2v) is 7.37. The highest BCUT2D eigenvalue weighted by molar-refractivity contribution is 7.89. The van der Waals surface area contributed by atoms with Crippen molar-refractivity contribution in [2.75, 3.05) is 13.1 Å². The highest BCUT2D eigenvalue weighted by Gasteiger charge is 2.38. The van der Waals surface area contributed by atoms with Crippen LogP contribution in [0.1, 0.15) is 17.5 Å². The summed E-state index contributed by atoms with van der Waals surface area (Å²) < 4.78 is 66.5. The van der Waals surface area contributed by atoms with Crippen LogP contribution in [-0.2, 0) is 22.7 Å². The lowest BCUT2D eigenvalue weighted by atomic mass is 10.2. The third-order valence-corrected chi connectivity index (χ3v) is 5.53. The molecule has 2 rings (SSSR count). The summed E-state index contributed by atoms with van der Waals surface area (Å²) >= 11 is 0. The zero-order valence-corrected chi connectivity index (χ0v) is 14.2. The third-order valence-electron chi connectivity index (χ3n) is 3.62. The first-order valence-electron chi connectivity index (χ1n) is 7.67. The molecular weight excluding hydrogens is 353 g/mol. The fraction of sp³-hybridized carbons (Fsp3) is 0.294. The lowest BCUT2D eigenvalue weighted by Gasteiger charge is -2.24. The Morgan fingerprint density at radius 2 is 1.56 bits per heavy atom. The molecule has 0 aromatic heterocycles. The maximum atomic E-state index is 13.2. The molecule has 2 aromatic carbocycles. The average molecular weight is 372 g/mol. The van der Waals surface area contributed by atoms with Crippen LogP contribution in [0.25, 0.3) is 0 Å². The van der Waals surface area contributed by atoms with Crippen LogP contribution in [-0.4, -0.2) is 25.8 Å². The summed E-state index contributed by atoms with van der Waals surface area (Å²) in [6, 6.07) is 12.9. The van der Waals surface area contributed by atoms with Crippen molar-refractivity contribution < 1.29 is 21.6 Å². The van der Waals surface area contributed by atoms with E-state index in [1.165, 1.54) is 12.1 Å². The highest BCUT2D eigenvalue weighted by atomic mass is 32.2. The van der Waals surface area contributed by atoms with Crippen molar-refractivity contribution in [1.82, 2.24) is 4.31 Å². The van der Waals surface area contributed by atoms with Gasteiger partial charge in [-0.3, -0.25) is 0 Å². The minimum atomic E-state index is -4.75. The fourth-order valence-corrected chi connectivity index (χ4v) is 4.08. The second kappa shape index (κ2) is 7.99. The molecule has 0 atom stereocenters. The molecule has 0 saturated heterocycles. The van der Waals surface area contributed by atoms with E-state index in [0.29, 0.717) is 12.0 Å². The van der Waals surface area contributed by atoms with Crippen LogP contribution in [0.15, 0.2) is 59.5 Å². The summed E-state index contributed by atoms with van der Waals surface area (Å²) in [5.74, 6) is 0. The summed E-state index contributed by atoms with van der Waals surface area (Å²) in [6.45, 7) is 0.261. The first kappa shape index (κ1) is 19.4. The quantitative estimate of drug-likeness (QED) is 0.812. The Balaban J connectivity index is 2.45. The number of alkyl halides is 3. The largest absolute Gasteiger partial charge is 0.417 e. The van der Waals surface area contributed by atoms with Gasteiger partial charge >= 0.3 is 6.18 Å². The van der Waals surface area contributed by atoms with E-state index in [4.69, 9.17) is 5.73 Å². The van der Waals surface area contributed by atoms with Crippen LogP contribution in [0.2, 0.25) is 0 Å². The molecule has 25 heavy (non-hydrogen) atoms. The van der Waals surface area contributed by atoms with Gasteiger partial charge in [0.2, 0.25) is 10.0 Å². The standard InChI is InChI=1S/C17H19F3N2O2S/c18-17(19,20)15-9-4-5-10-16(15)25(23,24)22(12-6-11-21)13-14-7-2-1-3-8-14/h1-5,7-10H,6,11-13,21H2. The molecule has 0 spiro atoms. The maximum Gasteiger partial charge on any atom is 0.417 e. The molecule has 0 fully saturated rings. The number of hydrogen-bond acceptors (Lipinski definition) is 3. The average Bonchev–Trinajstić information content (AvgIpc) is 2.58. The molecule has 0 amide bonds. The number of nitrogens with zero attached hydrogens (tertiary/aromatic N) is 1.